The quantitative estimate of drug-likeness (QED) is 0.143. The molecule has 0 amide bonds. The summed E-state index contributed by atoms with van der Waals surface area (Å²) in [6.45, 7) is 4.23. The molecule has 0 radical (unpaired) electrons. The minimum Gasteiger partial charge on any atom is -0.457 e. The molecule has 0 saturated carbocycles. The standard InChI is InChI=1S/C47H43N3O2/c1-3-12-36-35-16-4-7-19-41(35)50(46(36)49)34-23-25-40-45(29-34)52-43-21-9-6-18-38(43)47(40)37-17-5-8-20-42(37)51-44-28-33(22-24-39(44)47)32-15-10-14-31(27-32)30(2)13-11-26-48/h3-14,16-21,23,25-26,28-29,31-32H,15,22,24,27,48-49H2,1-2H3/b12-3-,26-11-,30-13+. The highest BCUT2D eigenvalue weighted by Gasteiger charge is 2.52. The first-order valence-electron chi connectivity index (χ1n) is 18.4. The second-order valence-electron chi connectivity index (χ2n) is 14.3. The van der Waals surface area contributed by atoms with Crippen molar-refractivity contribution in [3.8, 4) is 22.9 Å². The number of benzene rings is 4. The largest absolute Gasteiger partial charge is 0.457 e. The van der Waals surface area contributed by atoms with Crippen molar-refractivity contribution < 1.29 is 9.47 Å². The van der Waals surface area contributed by atoms with Crippen LogP contribution < -0.4 is 20.9 Å². The van der Waals surface area contributed by atoms with Gasteiger partial charge in [0, 0.05) is 33.7 Å². The van der Waals surface area contributed by atoms with Crippen LogP contribution in [0.5, 0.6) is 17.2 Å². The molecule has 1 spiro atoms. The molecule has 2 aliphatic heterocycles. The summed E-state index contributed by atoms with van der Waals surface area (Å²) >= 11 is 0. The van der Waals surface area contributed by atoms with Gasteiger partial charge in [0.25, 0.3) is 0 Å². The SMILES string of the molecule is C/C=C\c1c(N)n(-c2ccc3c(c2)Oc2ccccc2C32C3=C(C=C(C4CC=CC(/C(C)=C/C=C\N)C4)CC3)Oc3ccccc32)c2ccccc12. The molecule has 4 aromatic carbocycles. The lowest BCUT2D eigenvalue weighted by Gasteiger charge is -2.47. The van der Waals surface area contributed by atoms with Gasteiger partial charge in [0.15, 0.2) is 0 Å². The first kappa shape index (κ1) is 32.0. The number of nitrogens with zero attached hydrogens (tertiary/aromatic N) is 1. The summed E-state index contributed by atoms with van der Waals surface area (Å²) in [6.07, 6.45) is 20.9. The molecule has 2 aliphatic carbocycles. The number of nitrogens with two attached hydrogens (primary N) is 2. The first-order valence-corrected chi connectivity index (χ1v) is 18.4. The maximum absolute atomic E-state index is 6.92. The van der Waals surface area contributed by atoms with Crippen LogP contribution in [-0.2, 0) is 5.41 Å². The number of aromatic nitrogens is 1. The average molecular weight is 682 g/mol. The van der Waals surface area contributed by atoms with Crippen LogP contribution in [0.4, 0.5) is 5.82 Å². The number of para-hydroxylation sites is 3. The Morgan fingerprint density at radius 2 is 1.60 bits per heavy atom. The van der Waals surface area contributed by atoms with Crippen LogP contribution in [0.3, 0.4) is 0 Å². The molecule has 4 N–H and O–H groups in total. The third-order valence-corrected chi connectivity index (χ3v) is 11.6. The fraction of sp³-hybridized carbons (Fsp3) is 0.191. The third kappa shape index (κ3) is 4.83. The molecule has 52 heavy (non-hydrogen) atoms. The van der Waals surface area contributed by atoms with E-state index in [9.17, 15) is 0 Å². The summed E-state index contributed by atoms with van der Waals surface area (Å²) in [4.78, 5) is 0. The monoisotopic (exact) mass is 681 g/mol. The second-order valence-corrected chi connectivity index (χ2v) is 14.3. The molecule has 0 saturated heterocycles. The third-order valence-electron chi connectivity index (χ3n) is 11.6. The smallest absolute Gasteiger partial charge is 0.134 e. The highest BCUT2D eigenvalue weighted by atomic mass is 16.5. The van der Waals surface area contributed by atoms with E-state index in [1.807, 2.05) is 19.1 Å². The van der Waals surface area contributed by atoms with E-state index in [0.717, 1.165) is 87.5 Å². The fourth-order valence-corrected chi connectivity index (χ4v) is 9.20. The van der Waals surface area contributed by atoms with Gasteiger partial charge < -0.3 is 20.9 Å². The molecule has 4 aliphatic rings. The summed E-state index contributed by atoms with van der Waals surface area (Å²) in [5.74, 6) is 5.10. The van der Waals surface area contributed by atoms with E-state index in [2.05, 4.69) is 133 Å². The number of rotatable bonds is 5. The van der Waals surface area contributed by atoms with Gasteiger partial charge >= 0.3 is 0 Å². The molecule has 1 aromatic heterocycles. The van der Waals surface area contributed by atoms with Crippen molar-refractivity contribution in [3.05, 3.63) is 178 Å². The minimum absolute atomic E-state index is 0.398. The Morgan fingerprint density at radius 1 is 0.865 bits per heavy atom. The normalized spacial score (nSPS) is 22.2. The molecular weight excluding hydrogens is 639 g/mol. The van der Waals surface area contributed by atoms with Crippen LogP contribution in [0.1, 0.15) is 61.8 Å². The van der Waals surface area contributed by atoms with Gasteiger partial charge in [-0.1, -0.05) is 102 Å². The average Bonchev–Trinajstić information content (AvgIpc) is 3.47. The lowest BCUT2D eigenvalue weighted by atomic mass is 9.59. The zero-order valence-electron chi connectivity index (χ0n) is 29.7. The Morgan fingerprint density at radius 3 is 2.38 bits per heavy atom. The predicted octanol–water partition coefficient (Wildman–Crippen LogP) is 11.1. The maximum Gasteiger partial charge on any atom is 0.134 e. The lowest BCUT2D eigenvalue weighted by Crippen LogP contribution is -2.39. The van der Waals surface area contributed by atoms with Crippen molar-refractivity contribution in [2.75, 3.05) is 5.73 Å². The van der Waals surface area contributed by atoms with Crippen LogP contribution in [0.15, 0.2) is 156 Å². The van der Waals surface area contributed by atoms with Gasteiger partial charge in [-0.15, -0.1) is 0 Å². The Hall–Kier alpha value is -5.94. The van der Waals surface area contributed by atoms with Crippen molar-refractivity contribution in [1.29, 1.82) is 0 Å². The number of allylic oxidation sites excluding steroid dienone is 9. The summed E-state index contributed by atoms with van der Waals surface area (Å²) in [7, 11) is 0. The van der Waals surface area contributed by atoms with Crippen LogP contribution in [0.2, 0.25) is 0 Å². The molecule has 5 aromatic rings. The van der Waals surface area contributed by atoms with Crippen molar-refractivity contribution in [2.45, 2.75) is 44.9 Å². The van der Waals surface area contributed by atoms with E-state index in [1.165, 1.54) is 16.7 Å². The lowest BCUT2D eigenvalue weighted by molar-refractivity contribution is 0.359. The summed E-state index contributed by atoms with van der Waals surface area (Å²) in [5.41, 5.74) is 22.5. The number of nitrogen functional groups attached to an aromatic ring is 1. The van der Waals surface area contributed by atoms with Gasteiger partial charge in [-0.25, -0.2) is 0 Å². The second kappa shape index (κ2) is 12.7. The van der Waals surface area contributed by atoms with Gasteiger partial charge in [-0.2, -0.15) is 0 Å². The molecule has 3 unspecified atom stereocenters. The van der Waals surface area contributed by atoms with Gasteiger partial charge in [0.05, 0.1) is 16.6 Å². The topological polar surface area (TPSA) is 75.4 Å². The van der Waals surface area contributed by atoms with Gasteiger partial charge in [0.1, 0.15) is 28.8 Å². The molecule has 9 rings (SSSR count). The van der Waals surface area contributed by atoms with Crippen LogP contribution >= 0.6 is 0 Å². The Kier molecular flexibility index (Phi) is 7.80. The van der Waals surface area contributed by atoms with E-state index in [4.69, 9.17) is 20.9 Å². The molecule has 258 valence electrons. The highest BCUT2D eigenvalue weighted by Crippen LogP contribution is 2.62. The van der Waals surface area contributed by atoms with Crippen molar-refractivity contribution in [3.63, 3.8) is 0 Å². The number of anilines is 1. The molecule has 0 fully saturated rings. The van der Waals surface area contributed by atoms with Gasteiger partial charge in [-0.3, -0.25) is 4.57 Å². The van der Waals surface area contributed by atoms with E-state index in [1.54, 1.807) is 6.20 Å². The van der Waals surface area contributed by atoms with Crippen LogP contribution in [0.25, 0.3) is 22.7 Å². The van der Waals surface area contributed by atoms with E-state index in [-0.39, 0.29) is 0 Å². The summed E-state index contributed by atoms with van der Waals surface area (Å²) < 4.78 is 15.9. The highest BCUT2D eigenvalue weighted by molar-refractivity contribution is 5.97. The maximum atomic E-state index is 6.92. The van der Waals surface area contributed by atoms with Crippen LogP contribution in [0, 0.1) is 11.8 Å². The first-order chi connectivity index (χ1) is 25.5. The van der Waals surface area contributed by atoms with Crippen molar-refractivity contribution in [2.24, 2.45) is 17.6 Å². The van der Waals surface area contributed by atoms with Crippen molar-refractivity contribution >= 4 is 22.8 Å². The van der Waals surface area contributed by atoms with E-state index in [0.29, 0.717) is 17.7 Å². The predicted molar refractivity (Wildman–Crippen MR) is 213 cm³/mol. The summed E-state index contributed by atoms with van der Waals surface area (Å²) in [6, 6.07) is 32.1. The number of hydrogen-bond donors (Lipinski definition) is 2. The van der Waals surface area contributed by atoms with E-state index >= 15 is 0 Å². The Labute approximate surface area is 305 Å². The van der Waals surface area contributed by atoms with E-state index < -0.39 is 5.41 Å². The van der Waals surface area contributed by atoms with Gasteiger partial charge in [-0.05, 0) is 99.6 Å². The molecule has 5 nitrogen and oxygen atoms in total. The molecular formula is C47H43N3O2. The fourth-order valence-electron chi connectivity index (χ4n) is 9.20. The zero-order chi connectivity index (χ0) is 35.4. The molecule has 5 heteroatoms. The molecule has 3 atom stereocenters. The molecule has 0 bridgehead atoms. The summed E-state index contributed by atoms with van der Waals surface area (Å²) in [5, 5.41) is 1.12. The minimum atomic E-state index is -0.585. The zero-order valence-corrected chi connectivity index (χ0v) is 29.7. The number of hydrogen-bond acceptors (Lipinski definition) is 4. The number of fused-ring (bicyclic) bond motifs is 8. The Bertz CT molecular complexity index is 2440. The number of ether oxygens (including phenoxy) is 2. The van der Waals surface area contributed by atoms with Crippen LogP contribution in [-0.4, -0.2) is 4.57 Å². The Balaban J connectivity index is 1.22. The van der Waals surface area contributed by atoms with Crippen molar-refractivity contribution in [1.82, 2.24) is 4.57 Å². The molecule has 3 heterocycles. The van der Waals surface area contributed by atoms with Gasteiger partial charge in [0.2, 0.25) is 0 Å².